The van der Waals surface area contributed by atoms with Gasteiger partial charge in [-0.15, -0.1) is 0 Å². The smallest absolute Gasteiger partial charge is 0.312 e. The highest BCUT2D eigenvalue weighted by atomic mass is 16.6. The van der Waals surface area contributed by atoms with Gasteiger partial charge in [0.15, 0.2) is 6.10 Å². The molecule has 0 amide bonds. The van der Waals surface area contributed by atoms with E-state index in [-0.39, 0.29) is 24.5 Å². The predicted octanol–water partition coefficient (Wildman–Crippen LogP) is 7.02. The summed E-state index contributed by atoms with van der Waals surface area (Å²) in [5.41, 5.74) is -1.63. The first-order valence-electron chi connectivity index (χ1n) is 14.9. The molecule has 0 heterocycles. The molecule has 6 heteroatoms. The number of hydrogen-bond acceptors (Lipinski definition) is 6. The van der Waals surface area contributed by atoms with Gasteiger partial charge in [0.2, 0.25) is 0 Å². The van der Waals surface area contributed by atoms with Gasteiger partial charge in [-0.3, -0.25) is 14.4 Å². The van der Waals surface area contributed by atoms with E-state index in [1.165, 1.54) is 0 Å². The van der Waals surface area contributed by atoms with Crippen LogP contribution in [0.3, 0.4) is 0 Å². The predicted molar refractivity (Wildman–Crippen MR) is 144 cm³/mol. The van der Waals surface area contributed by atoms with Crippen LogP contribution in [0.1, 0.15) is 126 Å². The molecule has 0 bridgehead atoms. The van der Waals surface area contributed by atoms with Crippen molar-refractivity contribution in [1.82, 2.24) is 0 Å². The minimum atomic E-state index is -0.830. The summed E-state index contributed by atoms with van der Waals surface area (Å²) in [5, 5.41) is 0. The van der Waals surface area contributed by atoms with Crippen LogP contribution in [-0.2, 0) is 28.6 Å². The minimum Gasteiger partial charge on any atom is -0.461 e. The second-order valence-electron chi connectivity index (χ2n) is 13.9. The average Bonchev–Trinajstić information content (AvgIpc) is 2.80. The van der Waals surface area contributed by atoms with Gasteiger partial charge < -0.3 is 14.2 Å². The van der Waals surface area contributed by atoms with E-state index in [9.17, 15) is 14.4 Å². The maximum Gasteiger partial charge on any atom is 0.312 e. The molecule has 3 saturated carbocycles. The molecule has 0 aromatic carbocycles. The molecule has 0 aromatic rings. The largest absolute Gasteiger partial charge is 0.461 e. The van der Waals surface area contributed by atoms with E-state index in [4.69, 9.17) is 14.2 Å². The normalized spacial score (nSPS) is 38.2. The quantitative estimate of drug-likeness (QED) is 0.253. The van der Waals surface area contributed by atoms with Crippen molar-refractivity contribution in [3.8, 4) is 0 Å². The highest BCUT2D eigenvalue weighted by Crippen LogP contribution is 2.43. The van der Waals surface area contributed by atoms with Gasteiger partial charge in [-0.25, -0.2) is 0 Å². The summed E-state index contributed by atoms with van der Waals surface area (Å²) >= 11 is 0. The summed E-state index contributed by atoms with van der Waals surface area (Å²) in [6.07, 6.45) is 9.59. The van der Waals surface area contributed by atoms with Crippen molar-refractivity contribution in [3.05, 3.63) is 0 Å². The van der Waals surface area contributed by atoms with E-state index in [2.05, 4.69) is 20.8 Å². The zero-order valence-electron chi connectivity index (χ0n) is 24.5. The Hall–Kier alpha value is -1.59. The molecule has 3 fully saturated rings. The number of carbonyl (C=O) groups is 3. The number of hydrogen-bond donors (Lipinski definition) is 0. The van der Waals surface area contributed by atoms with Gasteiger partial charge in [0.25, 0.3) is 0 Å². The van der Waals surface area contributed by atoms with Crippen LogP contribution in [0.15, 0.2) is 0 Å². The monoisotopic (exact) mass is 520 g/mol. The lowest BCUT2D eigenvalue weighted by atomic mass is 9.71. The zero-order valence-corrected chi connectivity index (χ0v) is 24.5. The van der Waals surface area contributed by atoms with E-state index in [1.807, 2.05) is 20.8 Å². The third-order valence-corrected chi connectivity index (χ3v) is 9.61. The summed E-state index contributed by atoms with van der Waals surface area (Å²) in [7, 11) is 0. The third kappa shape index (κ3) is 7.50. The molecule has 6 nitrogen and oxygen atoms in total. The van der Waals surface area contributed by atoms with Crippen LogP contribution in [0.2, 0.25) is 0 Å². The Bertz CT molecular complexity index is 825. The number of ether oxygens (including phenoxy) is 3. The first kappa shape index (κ1) is 30.0. The van der Waals surface area contributed by atoms with Crippen LogP contribution in [0.4, 0.5) is 0 Å². The van der Waals surface area contributed by atoms with Crippen molar-refractivity contribution in [2.75, 3.05) is 6.61 Å². The van der Waals surface area contributed by atoms with Crippen LogP contribution < -0.4 is 0 Å². The second kappa shape index (κ2) is 12.1. The van der Waals surface area contributed by atoms with Crippen LogP contribution in [0.25, 0.3) is 0 Å². The second-order valence-corrected chi connectivity index (χ2v) is 13.9. The Kier molecular flexibility index (Phi) is 9.77. The topological polar surface area (TPSA) is 78.9 Å². The molecule has 3 aliphatic carbocycles. The molecule has 212 valence electrons. The van der Waals surface area contributed by atoms with Crippen LogP contribution in [0, 0.1) is 34.0 Å². The van der Waals surface area contributed by atoms with Crippen molar-refractivity contribution in [2.45, 2.75) is 138 Å². The van der Waals surface area contributed by atoms with Crippen molar-refractivity contribution in [3.63, 3.8) is 0 Å². The van der Waals surface area contributed by atoms with Gasteiger partial charge in [0.1, 0.15) is 12.7 Å². The van der Waals surface area contributed by atoms with E-state index in [0.717, 1.165) is 77.0 Å². The SMILES string of the molecule is CC1CCCC(C)(C(=O)OCC(OC(=O)C2(C)CCCC(C)C2)C(C)OC(=O)C2(C)CCCC(C)C2)C1. The summed E-state index contributed by atoms with van der Waals surface area (Å²) < 4.78 is 17.8. The fourth-order valence-electron chi connectivity index (χ4n) is 7.26. The van der Waals surface area contributed by atoms with Crippen LogP contribution in [-0.4, -0.2) is 36.7 Å². The molecule has 0 spiro atoms. The van der Waals surface area contributed by atoms with E-state index >= 15 is 0 Å². The van der Waals surface area contributed by atoms with Crippen molar-refractivity contribution >= 4 is 17.9 Å². The molecule has 3 rings (SSSR count). The minimum absolute atomic E-state index is 0.0955. The van der Waals surface area contributed by atoms with Gasteiger partial charge in [0, 0.05) is 0 Å². The van der Waals surface area contributed by atoms with Gasteiger partial charge in [-0.1, -0.05) is 59.3 Å². The van der Waals surface area contributed by atoms with Gasteiger partial charge >= 0.3 is 17.9 Å². The molecule has 8 atom stereocenters. The summed E-state index contributed by atoms with van der Waals surface area (Å²) in [4.78, 5) is 39.9. The highest BCUT2D eigenvalue weighted by molar-refractivity contribution is 5.78. The molecule has 0 aromatic heterocycles. The van der Waals surface area contributed by atoms with Crippen LogP contribution in [0.5, 0.6) is 0 Å². The van der Waals surface area contributed by atoms with E-state index < -0.39 is 28.5 Å². The molecule has 0 radical (unpaired) electrons. The molecular formula is C31H52O6. The Morgan fingerprint density at radius 3 is 1.46 bits per heavy atom. The fraction of sp³-hybridized carbons (Fsp3) is 0.903. The van der Waals surface area contributed by atoms with Gasteiger partial charge in [-0.2, -0.15) is 0 Å². The maximum absolute atomic E-state index is 13.4. The first-order chi connectivity index (χ1) is 17.3. The van der Waals surface area contributed by atoms with Crippen molar-refractivity contribution < 1.29 is 28.6 Å². The molecule has 37 heavy (non-hydrogen) atoms. The lowest BCUT2D eigenvalue weighted by Gasteiger charge is -2.38. The zero-order chi connectivity index (χ0) is 27.4. The number of carbonyl (C=O) groups excluding carboxylic acids is 3. The standard InChI is InChI=1S/C31H52O6/c1-21-11-8-14-29(5,17-21)26(32)35-20-25(37-28(34)31(7)16-10-13-23(3)19-31)24(4)36-27(33)30(6)15-9-12-22(2)18-30/h21-25H,8-20H2,1-7H3. The molecule has 3 aliphatic rings. The summed E-state index contributed by atoms with van der Waals surface area (Å²) in [6, 6.07) is 0. The molecule has 8 unspecified atom stereocenters. The first-order valence-corrected chi connectivity index (χ1v) is 14.9. The fourth-order valence-corrected chi connectivity index (χ4v) is 7.26. The van der Waals surface area contributed by atoms with E-state index in [1.54, 1.807) is 6.92 Å². The molecular weight excluding hydrogens is 468 g/mol. The summed E-state index contributed by atoms with van der Waals surface area (Å²) in [5.74, 6) is 0.640. The summed E-state index contributed by atoms with van der Waals surface area (Å²) in [6.45, 7) is 14.1. The van der Waals surface area contributed by atoms with E-state index in [0.29, 0.717) is 17.8 Å². The Balaban J connectivity index is 1.71. The molecule has 0 aliphatic heterocycles. The lowest BCUT2D eigenvalue weighted by Crippen LogP contribution is -2.45. The Labute approximate surface area is 224 Å². The molecule has 0 saturated heterocycles. The number of rotatable bonds is 8. The maximum atomic E-state index is 13.4. The molecule has 0 N–H and O–H groups in total. The van der Waals surface area contributed by atoms with Crippen molar-refractivity contribution in [2.24, 2.45) is 34.0 Å². The third-order valence-electron chi connectivity index (χ3n) is 9.61. The lowest BCUT2D eigenvalue weighted by molar-refractivity contribution is -0.189. The average molecular weight is 521 g/mol. The van der Waals surface area contributed by atoms with Gasteiger partial charge in [-0.05, 0) is 84.0 Å². The highest BCUT2D eigenvalue weighted by Gasteiger charge is 2.44. The Morgan fingerprint density at radius 2 is 1.05 bits per heavy atom. The van der Waals surface area contributed by atoms with Crippen molar-refractivity contribution in [1.29, 1.82) is 0 Å². The van der Waals surface area contributed by atoms with Gasteiger partial charge in [0.05, 0.1) is 16.2 Å². The number of esters is 3. The Morgan fingerprint density at radius 1 is 0.676 bits per heavy atom. The van der Waals surface area contributed by atoms with Crippen LogP contribution >= 0.6 is 0 Å².